The Hall–Kier alpha value is -2.79. The molecule has 2 aromatic carbocycles. The number of benzene rings is 2. The zero-order chi connectivity index (χ0) is 17.2. The van der Waals surface area contributed by atoms with Gasteiger partial charge in [0.25, 0.3) is 0 Å². The number of aromatic nitrogens is 1. The Balaban J connectivity index is 1.45. The molecule has 2 heterocycles. The van der Waals surface area contributed by atoms with Crippen molar-refractivity contribution in [1.82, 2.24) is 9.88 Å². The van der Waals surface area contributed by atoms with Gasteiger partial charge in [0.1, 0.15) is 6.04 Å². The van der Waals surface area contributed by atoms with Crippen LogP contribution in [0.2, 0.25) is 0 Å². The van der Waals surface area contributed by atoms with Crippen molar-refractivity contribution >= 4 is 22.5 Å². The summed E-state index contributed by atoms with van der Waals surface area (Å²) in [7, 11) is 0. The van der Waals surface area contributed by atoms with Crippen molar-refractivity contribution in [1.29, 1.82) is 0 Å². The van der Waals surface area contributed by atoms with E-state index in [0.29, 0.717) is 13.1 Å². The van der Waals surface area contributed by atoms with Crippen LogP contribution in [0.15, 0.2) is 60.8 Å². The quantitative estimate of drug-likeness (QED) is 0.773. The number of nitrogens with two attached hydrogens (primary N) is 1. The number of fused-ring (bicyclic) bond motifs is 1. The largest absolute Gasteiger partial charge is 0.367 e. The van der Waals surface area contributed by atoms with Crippen LogP contribution in [0.1, 0.15) is 11.6 Å². The van der Waals surface area contributed by atoms with Crippen LogP contribution in [-0.4, -0.2) is 42.0 Å². The molecule has 128 valence electrons. The number of piperazine rings is 1. The Morgan fingerprint density at radius 1 is 0.960 bits per heavy atom. The molecule has 0 bridgehead atoms. The van der Waals surface area contributed by atoms with Crippen molar-refractivity contribution in [2.24, 2.45) is 5.73 Å². The van der Waals surface area contributed by atoms with Gasteiger partial charge in [-0.25, -0.2) is 0 Å². The molecule has 1 fully saturated rings. The predicted molar refractivity (Wildman–Crippen MR) is 100 cm³/mol. The molecule has 0 aliphatic carbocycles. The van der Waals surface area contributed by atoms with E-state index in [1.807, 2.05) is 41.4 Å². The van der Waals surface area contributed by atoms with Crippen molar-refractivity contribution in [2.75, 3.05) is 31.1 Å². The van der Waals surface area contributed by atoms with Gasteiger partial charge in [-0.05, 0) is 23.8 Å². The number of amides is 1. The third-order valence-corrected chi connectivity index (χ3v) is 4.93. The lowest BCUT2D eigenvalue weighted by Gasteiger charge is -2.37. The molecule has 0 radical (unpaired) electrons. The highest BCUT2D eigenvalue weighted by atomic mass is 16.2. The first-order valence-corrected chi connectivity index (χ1v) is 8.64. The number of carbonyl (C=O) groups excluding carboxylic acids is 1. The molecule has 4 rings (SSSR count). The lowest BCUT2D eigenvalue weighted by Crippen LogP contribution is -2.51. The summed E-state index contributed by atoms with van der Waals surface area (Å²) in [4.78, 5) is 20.2. The van der Waals surface area contributed by atoms with E-state index < -0.39 is 6.04 Å². The first-order valence-electron chi connectivity index (χ1n) is 8.64. The predicted octanol–water partition coefficient (Wildman–Crippen LogP) is 2.52. The minimum Gasteiger partial charge on any atom is -0.367 e. The van der Waals surface area contributed by atoms with Crippen LogP contribution in [0.4, 0.5) is 5.69 Å². The van der Waals surface area contributed by atoms with E-state index in [4.69, 9.17) is 5.73 Å². The normalized spacial score (nSPS) is 16.2. The van der Waals surface area contributed by atoms with Gasteiger partial charge >= 0.3 is 0 Å². The molecule has 1 saturated heterocycles. The Morgan fingerprint density at radius 3 is 2.48 bits per heavy atom. The fourth-order valence-electron chi connectivity index (χ4n) is 3.51. The number of aromatic amines is 1. The van der Waals surface area contributed by atoms with Crippen LogP contribution in [0, 0.1) is 0 Å². The van der Waals surface area contributed by atoms with Crippen LogP contribution < -0.4 is 10.6 Å². The van der Waals surface area contributed by atoms with Crippen LogP contribution in [0.25, 0.3) is 10.9 Å². The van der Waals surface area contributed by atoms with Crippen LogP contribution in [0.5, 0.6) is 0 Å². The molecular weight excluding hydrogens is 312 g/mol. The number of hydrogen-bond donors (Lipinski definition) is 2. The lowest BCUT2D eigenvalue weighted by atomic mass is 10.1. The standard InChI is InChI=1S/C20H22N4O/c21-19(15-5-2-1-3-6-15)20(25)24-13-11-23(12-14-24)18-8-4-7-17-16(18)9-10-22-17/h1-10,19,22H,11-14,21H2. The molecule has 1 atom stereocenters. The molecule has 1 amide bonds. The summed E-state index contributed by atoms with van der Waals surface area (Å²) in [5.74, 6) is 0.00528. The second-order valence-electron chi connectivity index (χ2n) is 6.42. The first kappa shape index (κ1) is 15.7. The average Bonchev–Trinajstić information content (AvgIpc) is 3.16. The molecule has 5 heteroatoms. The minimum atomic E-state index is -0.583. The smallest absolute Gasteiger partial charge is 0.244 e. The van der Waals surface area contributed by atoms with Gasteiger partial charge in [-0.3, -0.25) is 4.79 Å². The van der Waals surface area contributed by atoms with Crippen LogP contribution in [-0.2, 0) is 4.79 Å². The molecule has 1 aromatic heterocycles. The Labute approximate surface area is 147 Å². The van der Waals surface area contributed by atoms with Gasteiger partial charge in [0.15, 0.2) is 0 Å². The zero-order valence-electron chi connectivity index (χ0n) is 14.1. The summed E-state index contributed by atoms with van der Waals surface area (Å²) >= 11 is 0. The maximum atomic E-state index is 12.7. The van der Waals surface area contributed by atoms with Crippen molar-refractivity contribution in [3.05, 3.63) is 66.4 Å². The Morgan fingerprint density at radius 2 is 1.72 bits per heavy atom. The van der Waals surface area contributed by atoms with Crippen molar-refractivity contribution in [3.63, 3.8) is 0 Å². The molecule has 0 spiro atoms. The number of H-pyrrole nitrogens is 1. The molecule has 1 aliphatic rings. The third kappa shape index (κ3) is 2.98. The van der Waals surface area contributed by atoms with E-state index in [1.165, 1.54) is 11.1 Å². The molecule has 5 nitrogen and oxygen atoms in total. The van der Waals surface area contributed by atoms with Gasteiger partial charge in [0.05, 0.1) is 0 Å². The number of rotatable bonds is 3. The highest BCUT2D eigenvalue weighted by Crippen LogP contribution is 2.27. The van der Waals surface area contributed by atoms with Gasteiger partial charge in [-0.15, -0.1) is 0 Å². The summed E-state index contributed by atoms with van der Waals surface area (Å²) in [5, 5.41) is 1.23. The van der Waals surface area contributed by atoms with E-state index in [0.717, 1.165) is 24.2 Å². The van der Waals surface area contributed by atoms with Gasteiger partial charge in [0, 0.05) is 49.0 Å². The molecule has 0 saturated carbocycles. The van der Waals surface area contributed by atoms with Gasteiger partial charge in [-0.1, -0.05) is 36.4 Å². The maximum Gasteiger partial charge on any atom is 0.244 e. The average molecular weight is 334 g/mol. The topological polar surface area (TPSA) is 65.4 Å². The Bertz CT molecular complexity index is 866. The number of nitrogens with zero attached hydrogens (tertiary/aromatic N) is 2. The van der Waals surface area contributed by atoms with Gasteiger partial charge in [0.2, 0.25) is 5.91 Å². The summed E-state index contributed by atoms with van der Waals surface area (Å²) in [6, 6.07) is 17.4. The van der Waals surface area contributed by atoms with Gasteiger partial charge < -0.3 is 20.5 Å². The molecule has 1 unspecified atom stereocenters. The molecule has 3 aromatic rings. The number of hydrogen-bond acceptors (Lipinski definition) is 3. The molecule has 3 N–H and O–H groups in total. The molecule has 25 heavy (non-hydrogen) atoms. The molecular formula is C20H22N4O. The SMILES string of the molecule is NC(C(=O)N1CCN(c2cccc3[nH]ccc23)CC1)c1ccccc1. The Kier molecular flexibility index (Phi) is 4.15. The number of nitrogens with one attached hydrogen (secondary N) is 1. The van der Waals surface area contributed by atoms with Crippen molar-refractivity contribution in [2.45, 2.75) is 6.04 Å². The number of anilines is 1. The monoisotopic (exact) mass is 334 g/mol. The summed E-state index contributed by atoms with van der Waals surface area (Å²) < 4.78 is 0. The second-order valence-corrected chi connectivity index (χ2v) is 6.42. The third-order valence-electron chi connectivity index (χ3n) is 4.93. The maximum absolute atomic E-state index is 12.7. The van der Waals surface area contributed by atoms with E-state index >= 15 is 0 Å². The van der Waals surface area contributed by atoms with Gasteiger partial charge in [-0.2, -0.15) is 0 Å². The van der Waals surface area contributed by atoms with Crippen LogP contribution in [0.3, 0.4) is 0 Å². The minimum absolute atomic E-state index is 0.00528. The molecule has 1 aliphatic heterocycles. The summed E-state index contributed by atoms with van der Waals surface area (Å²) in [6.07, 6.45) is 1.97. The van der Waals surface area contributed by atoms with Crippen molar-refractivity contribution < 1.29 is 4.79 Å². The van der Waals surface area contributed by atoms with E-state index in [9.17, 15) is 4.79 Å². The van der Waals surface area contributed by atoms with Crippen LogP contribution >= 0.6 is 0 Å². The summed E-state index contributed by atoms with van der Waals surface area (Å²) in [6.45, 7) is 3.02. The fraction of sp³-hybridized carbons (Fsp3) is 0.250. The second kappa shape index (κ2) is 6.61. The first-order chi connectivity index (χ1) is 12.2. The van der Waals surface area contributed by atoms with E-state index in [1.54, 1.807) is 0 Å². The highest BCUT2D eigenvalue weighted by Gasteiger charge is 2.26. The fourth-order valence-corrected chi connectivity index (χ4v) is 3.51. The van der Waals surface area contributed by atoms with E-state index in [2.05, 4.69) is 34.1 Å². The summed E-state index contributed by atoms with van der Waals surface area (Å²) in [5.41, 5.74) is 9.40. The lowest BCUT2D eigenvalue weighted by molar-refractivity contribution is -0.133. The van der Waals surface area contributed by atoms with E-state index in [-0.39, 0.29) is 5.91 Å². The number of carbonyl (C=O) groups is 1. The van der Waals surface area contributed by atoms with Crippen molar-refractivity contribution in [3.8, 4) is 0 Å². The zero-order valence-corrected chi connectivity index (χ0v) is 14.1. The highest BCUT2D eigenvalue weighted by molar-refractivity contribution is 5.92.